The number of rotatable bonds is 7. The number of amides is 1. The second kappa shape index (κ2) is 8.30. The van der Waals surface area contributed by atoms with E-state index in [4.69, 9.17) is 0 Å². The summed E-state index contributed by atoms with van der Waals surface area (Å²) in [6.07, 6.45) is 0.439. The molecule has 0 aliphatic heterocycles. The van der Waals surface area contributed by atoms with Crippen LogP contribution >= 0.6 is 15.9 Å². The number of hydrogen-bond donors (Lipinski definition) is 2. The average molecular weight is 329 g/mol. The summed E-state index contributed by atoms with van der Waals surface area (Å²) < 4.78 is 0.987. The van der Waals surface area contributed by atoms with Crippen molar-refractivity contribution in [1.82, 2.24) is 10.2 Å². The van der Waals surface area contributed by atoms with Gasteiger partial charge >= 0.3 is 0 Å². The molecule has 0 fully saturated rings. The number of nitrogens with one attached hydrogen (secondary N) is 1. The largest absolute Gasteiger partial charge is 0.394 e. The summed E-state index contributed by atoms with van der Waals surface area (Å²) in [6, 6.07) is 7.77. The molecule has 0 radical (unpaired) electrons. The van der Waals surface area contributed by atoms with E-state index in [1.54, 1.807) is 0 Å². The third-order valence-electron chi connectivity index (χ3n) is 3.00. The molecule has 0 spiro atoms. The molecule has 2 N–H and O–H groups in total. The van der Waals surface area contributed by atoms with Gasteiger partial charge in [0.1, 0.15) is 0 Å². The molecule has 0 saturated heterocycles. The van der Waals surface area contributed by atoms with Crippen molar-refractivity contribution < 1.29 is 9.90 Å². The highest BCUT2D eigenvalue weighted by atomic mass is 79.9. The molecule has 0 aliphatic carbocycles. The Bertz CT molecular complexity index is 412. The van der Waals surface area contributed by atoms with Crippen LogP contribution in [-0.4, -0.2) is 42.7 Å². The number of halogens is 1. The van der Waals surface area contributed by atoms with Gasteiger partial charge < -0.3 is 10.4 Å². The second-order valence-electron chi connectivity index (χ2n) is 4.44. The number of aliphatic hydroxyl groups is 1. The zero-order valence-corrected chi connectivity index (χ0v) is 13.0. The van der Waals surface area contributed by atoms with Crippen LogP contribution in [0.5, 0.6) is 0 Å². The summed E-state index contributed by atoms with van der Waals surface area (Å²) in [5, 5.41) is 12.3. The van der Waals surface area contributed by atoms with E-state index in [-0.39, 0.29) is 18.6 Å². The first-order chi connectivity index (χ1) is 9.08. The lowest BCUT2D eigenvalue weighted by molar-refractivity contribution is -0.121. The summed E-state index contributed by atoms with van der Waals surface area (Å²) in [5.74, 6) is 0.0419. The number of carbonyl (C=O) groups excluding carboxylic acids is 1. The summed E-state index contributed by atoms with van der Waals surface area (Å²) in [5.41, 5.74) is 1.04. The van der Waals surface area contributed by atoms with Crippen molar-refractivity contribution in [2.75, 3.05) is 26.7 Å². The fourth-order valence-electron chi connectivity index (χ4n) is 1.93. The van der Waals surface area contributed by atoms with Gasteiger partial charge in [-0.3, -0.25) is 9.69 Å². The lowest BCUT2D eigenvalue weighted by Gasteiger charge is -2.26. The maximum Gasteiger partial charge on any atom is 0.221 e. The number of benzene rings is 1. The second-order valence-corrected chi connectivity index (χ2v) is 5.35. The van der Waals surface area contributed by atoms with Crippen molar-refractivity contribution in [2.45, 2.75) is 19.4 Å². The molecule has 1 amide bonds. The highest BCUT2D eigenvalue weighted by molar-refractivity contribution is 9.10. The van der Waals surface area contributed by atoms with Crippen LogP contribution in [0, 0.1) is 0 Å². The van der Waals surface area contributed by atoms with Gasteiger partial charge in [-0.1, -0.05) is 28.1 Å². The van der Waals surface area contributed by atoms with Crippen LogP contribution in [0.2, 0.25) is 0 Å². The Balaban J connectivity index is 2.61. The summed E-state index contributed by atoms with van der Waals surface area (Å²) in [7, 11) is 1.92. The Kier molecular flexibility index (Phi) is 7.05. The van der Waals surface area contributed by atoms with Crippen molar-refractivity contribution in [3.05, 3.63) is 34.3 Å². The van der Waals surface area contributed by atoms with Gasteiger partial charge in [0.25, 0.3) is 0 Å². The number of carbonyl (C=O) groups is 1. The first-order valence-corrected chi connectivity index (χ1v) is 7.21. The number of aliphatic hydroxyl groups excluding tert-OH is 1. The van der Waals surface area contributed by atoms with Crippen LogP contribution in [-0.2, 0) is 4.79 Å². The van der Waals surface area contributed by atoms with E-state index < -0.39 is 0 Å². The van der Waals surface area contributed by atoms with Crippen LogP contribution in [0.4, 0.5) is 0 Å². The van der Waals surface area contributed by atoms with Crippen LogP contribution in [0.25, 0.3) is 0 Å². The normalized spacial score (nSPS) is 12.5. The van der Waals surface area contributed by atoms with Crippen LogP contribution in [0.1, 0.15) is 24.9 Å². The van der Waals surface area contributed by atoms with E-state index >= 15 is 0 Å². The monoisotopic (exact) mass is 328 g/mol. The third kappa shape index (κ3) is 5.30. The standard InChI is InChI=1S/C14H21BrN2O2/c1-3-16-14(19)7-8-17(2)13(10-18)11-5-4-6-12(15)9-11/h4-6,9,13,18H,3,7-8,10H2,1-2H3,(H,16,19). The fourth-order valence-corrected chi connectivity index (χ4v) is 2.35. The minimum atomic E-state index is -0.0908. The topological polar surface area (TPSA) is 52.6 Å². The molecule has 0 aliphatic rings. The Morgan fingerprint density at radius 3 is 2.84 bits per heavy atom. The van der Waals surface area contributed by atoms with Gasteiger partial charge in [0, 0.05) is 24.0 Å². The smallest absolute Gasteiger partial charge is 0.221 e. The molecule has 1 atom stereocenters. The molecule has 5 heteroatoms. The molecular formula is C14H21BrN2O2. The zero-order valence-electron chi connectivity index (χ0n) is 11.4. The number of likely N-dealkylation sites (N-methyl/N-ethyl adjacent to an activating group) is 1. The van der Waals surface area contributed by atoms with Gasteiger partial charge in [-0.05, 0) is 31.7 Å². The quantitative estimate of drug-likeness (QED) is 0.804. The van der Waals surface area contributed by atoms with E-state index in [1.807, 2.05) is 43.1 Å². The highest BCUT2D eigenvalue weighted by Gasteiger charge is 2.16. The van der Waals surface area contributed by atoms with E-state index in [0.717, 1.165) is 10.0 Å². The van der Waals surface area contributed by atoms with Gasteiger partial charge in [0.15, 0.2) is 0 Å². The van der Waals surface area contributed by atoms with Crippen molar-refractivity contribution in [3.63, 3.8) is 0 Å². The van der Waals surface area contributed by atoms with Gasteiger partial charge in [0.05, 0.1) is 12.6 Å². The number of nitrogens with zero attached hydrogens (tertiary/aromatic N) is 1. The van der Waals surface area contributed by atoms with Crippen LogP contribution in [0.3, 0.4) is 0 Å². The SMILES string of the molecule is CCNC(=O)CCN(C)C(CO)c1cccc(Br)c1. The first kappa shape index (κ1) is 16.1. The molecule has 1 unspecified atom stereocenters. The van der Waals surface area contributed by atoms with Gasteiger partial charge in [-0.15, -0.1) is 0 Å². The van der Waals surface area contributed by atoms with E-state index in [1.165, 1.54) is 0 Å². The maximum atomic E-state index is 11.4. The van der Waals surface area contributed by atoms with Crippen molar-refractivity contribution >= 4 is 21.8 Å². The molecule has 106 valence electrons. The Morgan fingerprint density at radius 2 is 2.26 bits per heavy atom. The molecule has 0 saturated carbocycles. The molecule has 0 heterocycles. The predicted octanol–water partition coefficient (Wildman–Crippen LogP) is 1.94. The van der Waals surface area contributed by atoms with Crippen LogP contribution < -0.4 is 5.32 Å². The summed E-state index contributed by atoms with van der Waals surface area (Å²) in [6.45, 7) is 3.20. The molecule has 4 nitrogen and oxygen atoms in total. The van der Waals surface area contributed by atoms with Crippen molar-refractivity contribution in [3.8, 4) is 0 Å². The van der Waals surface area contributed by atoms with E-state index in [0.29, 0.717) is 19.5 Å². The van der Waals surface area contributed by atoms with Crippen molar-refractivity contribution in [1.29, 1.82) is 0 Å². The minimum Gasteiger partial charge on any atom is -0.394 e. The maximum absolute atomic E-state index is 11.4. The van der Waals surface area contributed by atoms with Gasteiger partial charge in [0.2, 0.25) is 5.91 Å². The van der Waals surface area contributed by atoms with E-state index in [2.05, 4.69) is 21.2 Å². The fraction of sp³-hybridized carbons (Fsp3) is 0.500. The Labute approximate surface area is 122 Å². The molecular weight excluding hydrogens is 308 g/mol. The lowest BCUT2D eigenvalue weighted by Crippen LogP contribution is -2.32. The molecule has 1 aromatic carbocycles. The molecule has 19 heavy (non-hydrogen) atoms. The Morgan fingerprint density at radius 1 is 1.53 bits per heavy atom. The lowest BCUT2D eigenvalue weighted by atomic mass is 10.1. The highest BCUT2D eigenvalue weighted by Crippen LogP contribution is 2.22. The minimum absolute atomic E-state index is 0.0301. The number of hydrogen-bond acceptors (Lipinski definition) is 3. The third-order valence-corrected chi connectivity index (χ3v) is 3.50. The van der Waals surface area contributed by atoms with Crippen LogP contribution in [0.15, 0.2) is 28.7 Å². The van der Waals surface area contributed by atoms with Gasteiger partial charge in [-0.25, -0.2) is 0 Å². The molecule has 0 bridgehead atoms. The van der Waals surface area contributed by atoms with Gasteiger partial charge in [-0.2, -0.15) is 0 Å². The van der Waals surface area contributed by atoms with Crippen molar-refractivity contribution in [2.24, 2.45) is 0 Å². The summed E-state index contributed by atoms with van der Waals surface area (Å²) in [4.78, 5) is 13.4. The van der Waals surface area contributed by atoms with E-state index in [9.17, 15) is 9.90 Å². The summed E-state index contributed by atoms with van der Waals surface area (Å²) >= 11 is 3.43. The first-order valence-electron chi connectivity index (χ1n) is 6.41. The molecule has 0 aromatic heterocycles. The Hall–Kier alpha value is -0.910. The average Bonchev–Trinajstić information content (AvgIpc) is 2.38. The molecule has 1 aromatic rings. The predicted molar refractivity (Wildman–Crippen MR) is 79.9 cm³/mol. The molecule has 1 rings (SSSR count). The zero-order chi connectivity index (χ0) is 14.3.